The molecule has 2 heterocycles. The third-order valence-corrected chi connectivity index (χ3v) is 5.88. The lowest BCUT2D eigenvalue weighted by atomic mass is 10.1. The predicted octanol–water partition coefficient (Wildman–Crippen LogP) is 3.70. The summed E-state index contributed by atoms with van der Waals surface area (Å²) < 4.78 is 11.5. The fourth-order valence-electron chi connectivity index (χ4n) is 3.35. The monoisotopic (exact) mass is 395 g/mol. The van der Waals surface area contributed by atoms with Gasteiger partial charge in [-0.3, -0.25) is 4.79 Å². The van der Waals surface area contributed by atoms with Gasteiger partial charge in [0.15, 0.2) is 6.04 Å². The highest BCUT2D eigenvalue weighted by atomic mass is 32.1. The number of carbonyl (C=O) groups excluding carboxylic acids is 1. The fourth-order valence-corrected chi connectivity index (χ4v) is 4.02. The Morgan fingerprint density at radius 3 is 2.79 bits per heavy atom. The van der Waals surface area contributed by atoms with Crippen LogP contribution in [0.25, 0.3) is 21.9 Å². The van der Waals surface area contributed by atoms with Crippen LogP contribution in [0.15, 0.2) is 57.6 Å². The van der Waals surface area contributed by atoms with Gasteiger partial charge in [0.25, 0.3) is 5.91 Å². The molecule has 1 amide bonds. The third-order valence-electron chi connectivity index (χ3n) is 5.15. The summed E-state index contributed by atoms with van der Waals surface area (Å²) in [5.74, 6) is 0.566. The van der Waals surface area contributed by atoms with Crippen molar-refractivity contribution in [2.45, 2.75) is 19.5 Å². The van der Waals surface area contributed by atoms with E-state index < -0.39 is 0 Å². The summed E-state index contributed by atoms with van der Waals surface area (Å²) >= 11 is 1.67. The second-order valence-corrected chi connectivity index (χ2v) is 7.79. The molecule has 144 valence electrons. The number of hydrogen-bond donors (Lipinski definition) is 2. The number of fused-ring (bicyclic) bond motifs is 3. The van der Waals surface area contributed by atoms with Gasteiger partial charge in [0, 0.05) is 22.4 Å². The lowest BCUT2D eigenvalue weighted by Crippen LogP contribution is -3.12. The SMILES string of the molecule is COc1cc2c(cc1NC(=O)[C@H](C)[NH+](C)Cc1ccsc1)oc1ccccc12. The van der Waals surface area contributed by atoms with Gasteiger partial charge in [-0.05, 0) is 35.9 Å². The van der Waals surface area contributed by atoms with Gasteiger partial charge in [0.1, 0.15) is 23.5 Å². The van der Waals surface area contributed by atoms with Crippen molar-refractivity contribution in [2.24, 2.45) is 0 Å². The van der Waals surface area contributed by atoms with E-state index in [-0.39, 0.29) is 11.9 Å². The molecule has 2 atom stereocenters. The van der Waals surface area contributed by atoms with Gasteiger partial charge < -0.3 is 19.4 Å². The summed E-state index contributed by atoms with van der Waals surface area (Å²) in [6.45, 7) is 2.74. The first-order chi connectivity index (χ1) is 13.6. The highest BCUT2D eigenvalue weighted by Gasteiger charge is 2.24. The molecule has 0 bridgehead atoms. The number of nitrogens with one attached hydrogen (secondary N) is 2. The van der Waals surface area contributed by atoms with Crippen molar-refractivity contribution in [3.8, 4) is 5.75 Å². The van der Waals surface area contributed by atoms with E-state index in [9.17, 15) is 4.79 Å². The average Bonchev–Trinajstić information content (AvgIpc) is 3.33. The van der Waals surface area contributed by atoms with Crippen molar-refractivity contribution in [1.29, 1.82) is 0 Å². The number of furan rings is 1. The Labute approximate surface area is 167 Å². The van der Waals surface area contributed by atoms with Crippen LogP contribution in [0.1, 0.15) is 12.5 Å². The van der Waals surface area contributed by atoms with Crippen molar-refractivity contribution in [2.75, 3.05) is 19.5 Å². The summed E-state index contributed by atoms with van der Waals surface area (Å²) in [4.78, 5) is 14.0. The number of hydrogen-bond acceptors (Lipinski definition) is 4. The van der Waals surface area contributed by atoms with Crippen LogP contribution in [0, 0.1) is 0 Å². The Morgan fingerprint density at radius 1 is 1.21 bits per heavy atom. The van der Waals surface area contributed by atoms with E-state index in [1.807, 2.05) is 50.4 Å². The zero-order valence-electron chi connectivity index (χ0n) is 16.1. The van der Waals surface area contributed by atoms with E-state index >= 15 is 0 Å². The number of anilines is 1. The van der Waals surface area contributed by atoms with Crippen LogP contribution in [0.3, 0.4) is 0 Å². The first kappa shape index (κ1) is 18.5. The van der Waals surface area contributed by atoms with Crippen LogP contribution in [0.2, 0.25) is 0 Å². The number of carbonyl (C=O) groups is 1. The molecular weight excluding hydrogens is 372 g/mol. The zero-order chi connectivity index (χ0) is 19.7. The first-order valence-corrected chi connectivity index (χ1v) is 10.1. The second-order valence-electron chi connectivity index (χ2n) is 7.01. The summed E-state index contributed by atoms with van der Waals surface area (Å²) in [6, 6.07) is 13.5. The molecule has 0 saturated carbocycles. The Kier molecular flexibility index (Phi) is 5.07. The van der Waals surface area contributed by atoms with Gasteiger partial charge in [0.2, 0.25) is 0 Å². The average molecular weight is 396 g/mol. The van der Waals surface area contributed by atoms with Gasteiger partial charge in [-0.25, -0.2) is 0 Å². The van der Waals surface area contributed by atoms with E-state index in [4.69, 9.17) is 9.15 Å². The van der Waals surface area contributed by atoms with Crippen LogP contribution in [0.4, 0.5) is 5.69 Å². The van der Waals surface area contributed by atoms with Crippen molar-refractivity contribution in [3.63, 3.8) is 0 Å². The number of quaternary nitrogens is 1. The highest BCUT2D eigenvalue weighted by molar-refractivity contribution is 7.07. The lowest BCUT2D eigenvalue weighted by Gasteiger charge is -2.21. The molecule has 2 aromatic carbocycles. The lowest BCUT2D eigenvalue weighted by molar-refractivity contribution is -0.907. The molecule has 2 N–H and O–H groups in total. The molecule has 0 spiro atoms. The van der Waals surface area contributed by atoms with E-state index in [1.165, 1.54) is 5.56 Å². The number of benzene rings is 2. The summed E-state index contributed by atoms with van der Waals surface area (Å²) in [6.07, 6.45) is 0. The maximum atomic E-state index is 12.8. The van der Waals surface area contributed by atoms with Crippen LogP contribution in [-0.2, 0) is 11.3 Å². The van der Waals surface area contributed by atoms with Crippen molar-refractivity contribution < 1.29 is 18.8 Å². The van der Waals surface area contributed by atoms with Gasteiger partial charge in [-0.15, -0.1) is 0 Å². The molecule has 0 radical (unpaired) electrons. The molecule has 0 aliphatic heterocycles. The standard InChI is InChI=1S/C22H22N2O3S/c1-14(24(2)12-15-8-9-28-13-15)22(25)23-18-11-20-17(10-21(18)26-3)16-6-4-5-7-19(16)27-20/h4-11,13-14H,12H2,1-3H3,(H,23,25)/p+1/t14-/m0/s1. The quantitative estimate of drug-likeness (QED) is 0.523. The summed E-state index contributed by atoms with van der Waals surface area (Å²) in [7, 11) is 3.64. The van der Waals surface area contributed by atoms with Crippen molar-refractivity contribution in [1.82, 2.24) is 0 Å². The Balaban J connectivity index is 1.59. The number of methoxy groups -OCH3 is 1. The number of thiophene rings is 1. The van der Waals surface area contributed by atoms with E-state index in [1.54, 1.807) is 18.4 Å². The number of para-hydroxylation sites is 1. The van der Waals surface area contributed by atoms with Crippen LogP contribution >= 0.6 is 11.3 Å². The molecular formula is C22H23N2O3S+. The predicted molar refractivity (Wildman–Crippen MR) is 113 cm³/mol. The molecule has 28 heavy (non-hydrogen) atoms. The Bertz CT molecular complexity index is 1120. The van der Waals surface area contributed by atoms with Gasteiger partial charge >= 0.3 is 0 Å². The maximum Gasteiger partial charge on any atom is 0.282 e. The molecule has 0 aliphatic rings. The minimum Gasteiger partial charge on any atom is -0.495 e. The van der Waals surface area contributed by atoms with Crippen molar-refractivity contribution in [3.05, 3.63) is 58.8 Å². The van der Waals surface area contributed by atoms with E-state index in [0.29, 0.717) is 11.4 Å². The fraction of sp³-hybridized carbons (Fsp3) is 0.227. The zero-order valence-corrected chi connectivity index (χ0v) is 16.9. The molecule has 0 fully saturated rings. The second kappa shape index (κ2) is 7.66. The molecule has 4 rings (SSSR count). The molecule has 0 aliphatic carbocycles. The maximum absolute atomic E-state index is 12.8. The number of rotatable bonds is 6. The van der Waals surface area contributed by atoms with Crippen molar-refractivity contribution >= 4 is 44.9 Å². The molecule has 6 heteroatoms. The molecule has 2 aromatic heterocycles. The third kappa shape index (κ3) is 3.48. The van der Waals surface area contributed by atoms with E-state index in [2.05, 4.69) is 22.1 Å². The largest absolute Gasteiger partial charge is 0.495 e. The normalized spacial score (nSPS) is 13.5. The minimum absolute atomic E-state index is 0.0542. The van der Waals surface area contributed by atoms with Crippen LogP contribution < -0.4 is 15.0 Å². The molecule has 0 saturated heterocycles. The van der Waals surface area contributed by atoms with Gasteiger partial charge in [-0.1, -0.05) is 18.2 Å². The molecule has 1 unspecified atom stereocenters. The van der Waals surface area contributed by atoms with Crippen LogP contribution in [0.5, 0.6) is 5.75 Å². The van der Waals surface area contributed by atoms with E-state index in [0.717, 1.165) is 33.4 Å². The van der Waals surface area contributed by atoms with Gasteiger partial charge in [0.05, 0.1) is 19.8 Å². The van der Waals surface area contributed by atoms with Gasteiger partial charge in [-0.2, -0.15) is 11.3 Å². The summed E-state index contributed by atoms with van der Waals surface area (Å²) in [5, 5.41) is 9.19. The smallest absolute Gasteiger partial charge is 0.282 e. The number of ether oxygens (including phenoxy) is 1. The Morgan fingerprint density at radius 2 is 2.04 bits per heavy atom. The summed E-state index contributed by atoms with van der Waals surface area (Å²) in [5.41, 5.74) is 3.40. The molecule has 5 nitrogen and oxygen atoms in total. The highest BCUT2D eigenvalue weighted by Crippen LogP contribution is 2.36. The topological polar surface area (TPSA) is 55.9 Å². The Hall–Kier alpha value is -2.83. The first-order valence-electron chi connectivity index (χ1n) is 9.20. The molecule has 4 aromatic rings. The number of amides is 1. The number of likely N-dealkylation sites (N-methyl/N-ethyl adjacent to an activating group) is 1. The minimum atomic E-state index is -0.212. The van der Waals surface area contributed by atoms with Crippen LogP contribution in [-0.4, -0.2) is 26.1 Å².